The van der Waals surface area contributed by atoms with Crippen LogP contribution in [0, 0.1) is 11.7 Å². The highest BCUT2D eigenvalue weighted by atomic mass is 32.2. The quantitative estimate of drug-likeness (QED) is 0.697. The summed E-state index contributed by atoms with van der Waals surface area (Å²) in [5.74, 6) is 2.18. The van der Waals surface area contributed by atoms with Crippen molar-refractivity contribution in [1.29, 1.82) is 0 Å². The molecule has 1 saturated carbocycles. The van der Waals surface area contributed by atoms with Gasteiger partial charge >= 0.3 is 6.09 Å². The Morgan fingerprint density at radius 3 is 2.72 bits per heavy atom. The van der Waals surface area contributed by atoms with E-state index in [1.54, 1.807) is 6.07 Å². The van der Waals surface area contributed by atoms with E-state index in [0.29, 0.717) is 30.4 Å². The third kappa shape index (κ3) is 4.97. The van der Waals surface area contributed by atoms with Gasteiger partial charge in [-0.05, 0) is 31.0 Å². The second-order valence-electron chi connectivity index (χ2n) is 7.93. The summed E-state index contributed by atoms with van der Waals surface area (Å²) in [6.45, 7) is 2.60. The Bertz CT molecular complexity index is 751. The van der Waals surface area contributed by atoms with Crippen molar-refractivity contribution in [3.8, 4) is 0 Å². The van der Waals surface area contributed by atoms with Crippen LogP contribution in [0.15, 0.2) is 18.2 Å². The fourth-order valence-corrected chi connectivity index (χ4v) is 5.51. The van der Waals surface area contributed by atoms with E-state index >= 15 is 0 Å². The van der Waals surface area contributed by atoms with E-state index in [4.69, 9.17) is 17.0 Å². The minimum absolute atomic E-state index is 0.286. The Labute approximate surface area is 181 Å². The van der Waals surface area contributed by atoms with E-state index in [2.05, 4.69) is 10.2 Å². The number of thioether (sulfide) groups is 1. The van der Waals surface area contributed by atoms with Crippen molar-refractivity contribution in [2.75, 3.05) is 47.5 Å². The van der Waals surface area contributed by atoms with Gasteiger partial charge in [-0.15, -0.1) is 0 Å². The molecule has 29 heavy (non-hydrogen) atoms. The van der Waals surface area contributed by atoms with Crippen LogP contribution in [-0.2, 0) is 4.74 Å². The lowest BCUT2D eigenvalue weighted by Gasteiger charge is -2.29. The number of amides is 1. The van der Waals surface area contributed by atoms with Crippen molar-refractivity contribution in [3.63, 3.8) is 0 Å². The molecule has 2 heterocycles. The molecule has 0 aromatic heterocycles. The monoisotopic (exact) mass is 437 g/mol. The van der Waals surface area contributed by atoms with Crippen LogP contribution in [0.1, 0.15) is 32.1 Å². The zero-order valence-corrected chi connectivity index (χ0v) is 18.2. The van der Waals surface area contributed by atoms with E-state index in [1.165, 1.54) is 30.2 Å². The number of nitrogens with zero attached hydrogens (tertiary/aromatic N) is 2. The molecule has 4 rings (SSSR count). The normalized spacial score (nSPS) is 23.2. The van der Waals surface area contributed by atoms with Crippen molar-refractivity contribution in [1.82, 2.24) is 5.32 Å². The predicted octanol–water partition coefficient (Wildman–Crippen LogP) is 4.20. The summed E-state index contributed by atoms with van der Waals surface area (Å²) in [5.41, 5.74) is 1.15. The number of cyclic esters (lactones) is 1. The van der Waals surface area contributed by atoms with Gasteiger partial charge in [0.25, 0.3) is 0 Å². The first kappa shape index (κ1) is 20.7. The number of halogens is 1. The standard InChI is InChI=1S/C21H28FN3O2S2/c22-18-12-16(6-7-19(18)24-8-10-29-11-9-24)25-14-17(27-21(25)26)13-23-20(28)15-4-2-1-3-5-15/h6-7,12,15,17H,1-5,8-11,13-14H2,(H,23,28). The van der Waals surface area contributed by atoms with Crippen molar-refractivity contribution < 1.29 is 13.9 Å². The number of thiocarbonyl (C=S) groups is 1. The first-order chi connectivity index (χ1) is 14.1. The highest BCUT2D eigenvalue weighted by Gasteiger charge is 2.33. The molecule has 1 aliphatic carbocycles. The zero-order chi connectivity index (χ0) is 20.2. The Kier molecular flexibility index (Phi) is 6.80. The Balaban J connectivity index is 1.34. The van der Waals surface area contributed by atoms with Crippen LogP contribution in [0.5, 0.6) is 0 Å². The fraction of sp³-hybridized carbons (Fsp3) is 0.619. The molecule has 5 nitrogen and oxygen atoms in total. The molecule has 0 radical (unpaired) electrons. The molecular weight excluding hydrogens is 409 g/mol. The van der Waals surface area contributed by atoms with Crippen LogP contribution in [0.2, 0.25) is 0 Å². The first-order valence-electron chi connectivity index (χ1n) is 10.5. The Morgan fingerprint density at radius 1 is 1.24 bits per heavy atom. The van der Waals surface area contributed by atoms with Crippen molar-refractivity contribution >= 4 is 46.4 Å². The number of anilines is 2. The molecule has 158 valence electrons. The van der Waals surface area contributed by atoms with Crippen LogP contribution in [-0.4, -0.2) is 54.9 Å². The number of carbonyl (C=O) groups is 1. The highest BCUT2D eigenvalue weighted by Crippen LogP contribution is 2.29. The number of rotatable bonds is 5. The topological polar surface area (TPSA) is 44.8 Å². The highest BCUT2D eigenvalue weighted by molar-refractivity contribution is 7.99. The van der Waals surface area contributed by atoms with Crippen LogP contribution >= 0.6 is 24.0 Å². The summed E-state index contributed by atoms with van der Waals surface area (Å²) in [5, 5.41) is 3.30. The Hall–Kier alpha value is -1.54. The average molecular weight is 438 g/mol. The molecule has 1 aromatic carbocycles. The van der Waals surface area contributed by atoms with Crippen LogP contribution < -0.4 is 15.1 Å². The molecule has 3 aliphatic rings. The molecule has 1 aromatic rings. The number of nitrogens with one attached hydrogen (secondary N) is 1. The maximum absolute atomic E-state index is 14.7. The van der Waals surface area contributed by atoms with Gasteiger partial charge in [0.15, 0.2) is 0 Å². The van der Waals surface area contributed by atoms with Gasteiger partial charge in [0.05, 0.1) is 29.5 Å². The molecule has 0 spiro atoms. The number of hydrogen-bond donors (Lipinski definition) is 1. The number of hydrogen-bond acceptors (Lipinski definition) is 5. The van der Waals surface area contributed by atoms with Gasteiger partial charge < -0.3 is 15.0 Å². The number of ether oxygens (including phenoxy) is 1. The van der Waals surface area contributed by atoms with Gasteiger partial charge in [0.1, 0.15) is 11.9 Å². The van der Waals surface area contributed by atoms with Gasteiger partial charge in [-0.25, -0.2) is 9.18 Å². The van der Waals surface area contributed by atoms with E-state index in [-0.39, 0.29) is 11.9 Å². The molecule has 3 fully saturated rings. The third-order valence-electron chi connectivity index (χ3n) is 5.95. The summed E-state index contributed by atoms with van der Waals surface area (Å²) >= 11 is 7.42. The van der Waals surface area contributed by atoms with Crippen LogP contribution in [0.25, 0.3) is 0 Å². The van der Waals surface area contributed by atoms with Gasteiger partial charge in [-0.2, -0.15) is 11.8 Å². The lowest BCUT2D eigenvalue weighted by Crippen LogP contribution is -2.37. The fourth-order valence-electron chi connectivity index (χ4n) is 4.29. The minimum Gasteiger partial charge on any atom is -0.442 e. The van der Waals surface area contributed by atoms with Crippen molar-refractivity contribution in [2.24, 2.45) is 5.92 Å². The maximum Gasteiger partial charge on any atom is 0.414 e. The molecule has 1 unspecified atom stereocenters. The van der Waals surface area contributed by atoms with Crippen molar-refractivity contribution in [2.45, 2.75) is 38.2 Å². The van der Waals surface area contributed by atoms with Gasteiger partial charge in [0.2, 0.25) is 0 Å². The molecule has 0 bridgehead atoms. The van der Waals surface area contributed by atoms with E-state index in [9.17, 15) is 9.18 Å². The second kappa shape index (κ2) is 9.51. The van der Waals surface area contributed by atoms with E-state index in [0.717, 1.165) is 42.4 Å². The number of benzene rings is 1. The summed E-state index contributed by atoms with van der Waals surface area (Å²) in [7, 11) is 0. The third-order valence-corrected chi connectivity index (χ3v) is 7.37. The molecule has 1 atom stereocenters. The predicted molar refractivity (Wildman–Crippen MR) is 121 cm³/mol. The summed E-state index contributed by atoms with van der Waals surface area (Å²) in [6.07, 6.45) is 5.33. The maximum atomic E-state index is 14.7. The SMILES string of the molecule is O=C1OC(CNC(=S)C2CCCCC2)CN1c1ccc(N2CCSCC2)c(F)c1. The lowest BCUT2D eigenvalue weighted by molar-refractivity contribution is 0.142. The molecule has 1 N–H and O–H groups in total. The summed E-state index contributed by atoms with van der Waals surface area (Å²) in [4.78, 5) is 16.8. The van der Waals surface area contributed by atoms with Gasteiger partial charge in [-0.3, -0.25) is 4.90 Å². The van der Waals surface area contributed by atoms with Crippen molar-refractivity contribution in [3.05, 3.63) is 24.0 Å². The smallest absolute Gasteiger partial charge is 0.414 e. The largest absolute Gasteiger partial charge is 0.442 e. The molecule has 8 heteroatoms. The molecule has 1 amide bonds. The molecule has 2 saturated heterocycles. The zero-order valence-electron chi connectivity index (χ0n) is 16.6. The average Bonchev–Trinajstić information content (AvgIpc) is 3.13. The Morgan fingerprint density at radius 2 is 2.00 bits per heavy atom. The first-order valence-corrected chi connectivity index (χ1v) is 12.1. The molecule has 2 aliphatic heterocycles. The van der Waals surface area contributed by atoms with E-state index in [1.807, 2.05) is 17.8 Å². The lowest BCUT2D eigenvalue weighted by atomic mass is 9.89. The van der Waals surface area contributed by atoms with Gasteiger partial charge in [0, 0.05) is 30.5 Å². The van der Waals surface area contributed by atoms with Gasteiger partial charge in [-0.1, -0.05) is 31.5 Å². The van der Waals surface area contributed by atoms with Crippen LogP contribution in [0.4, 0.5) is 20.6 Å². The van der Waals surface area contributed by atoms with Crippen LogP contribution in [0.3, 0.4) is 0 Å². The minimum atomic E-state index is -0.429. The second-order valence-corrected chi connectivity index (χ2v) is 9.60. The van der Waals surface area contributed by atoms with E-state index < -0.39 is 6.09 Å². The summed E-state index contributed by atoms with van der Waals surface area (Å²) < 4.78 is 20.2. The molecular formula is C21H28FN3O2S2. The number of carbonyl (C=O) groups excluding carboxylic acids is 1. The summed E-state index contributed by atoms with van der Waals surface area (Å²) in [6, 6.07) is 5.03.